The minimum Gasteiger partial charge on any atom is -0.497 e. The maximum absolute atomic E-state index is 12.5. The van der Waals surface area contributed by atoms with E-state index in [-0.39, 0.29) is 0 Å². The van der Waals surface area contributed by atoms with Crippen LogP contribution in [0.15, 0.2) is 47.4 Å². The van der Waals surface area contributed by atoms with Gasteiger partial charge in [-0.1, -0.05) is 0 Å². The molecule has 7 nitrogen and oxygen atoms in total. The molecule has 0 aliphatic heterocycles. The lowest BCUT2D eigenvalue weighted by Crippen LogP contribution is -2.14. The fourth-order valence-electron chi connectivity index (χ4n) is 2.13. The van der Waals surface area contributed by atoms with Crippen molar-refractivity contribution in [3.63, 3.8) is 0 Å². The Morgan fingerprint density at radius 3 is 2.15 bits per heavy atom. The van der Waals surface area contributed by atoms with E-state index in [1.807, 2.05) is 0 Å². The molecule has 2 aromatic carbocycles. The Morgan fingerprint density at radius 1 is 1.00 bits per heavy atom. The molecule has 0 unspecified atom stereocenters. The highest BCUT2D eigenvalue weighted by molar-refractivity contribution is 7.96. The number of nitrogens with one attached hydrogen (secondary N) is 1. The van der Waals surface area contributed by atoms with E-state index in [0.29, 0.717) is 28.5 Å². The molecule has 0 amide bonds. The summed E-state index contributed by atoms with van der Waals surface area (Å²) in [4.78, 5) is -0.458. The minimum absolute atomic E-state index is 0.310. The number of benzene rings is 2. The van der Waals surface area contributed by atoms with Gasteiger partial charge in [-0.3, -0.25) is 4.72 Å². The number of nitrogens with zero attached hydrogens (tertiary/aromatic N) is 1. The first-order valence-corrected chi connectivity index (χ1v) is 8.92. The maximum atomic E-state index is 12.5. The molecule has 0 saturated heterocycles. The van der Waals surface area contributed by atoms with Gasteiger partial charge in [0.05, 0.1) is 21.3 Å². The summed E-state index contributed by atoms with van der Waals surface area (Å²) in [6, 6.07) is 12.9. The van der Waals surface area contributed by atoms with Crippen LogP contribution in [0.5, 0.6) is 17.2 Å². The van der Waals surface area contributed by atoms with Crippen molar-refractivity contribution in [1.29, 1.82) is 5.26 Å². The summed E-state index contributed by atoms with van der Waals surface area (Å²) in [5.74, 6) is 1.51. The molecule has 26 heavy (non-hydrogen) atoms. The van der Waals surface area contributed by atoms with Gasteiger partial charge < -0.3 is 14.2 Å². The molecule has 0 aliphatic rings. The summed E-state index contributed by atoms with van der Waals surface area (Å²) < 4.78 is 42.8. The lowest BCUT2D eigenvalue weighted by Gasteiger charge is -2.10. The van der Waals surface area contributed by atoms with Gasteiger partial charge in [-0.05, 0) is 48.5 Å². The van der Waals surface area contributed by atoms with Crippen LogP contribution >= 0.6 is 0 Å². The van der Waals surface area contributed by atoms with E-state index in [0.717, 1.165) is 0 Å². The Hall–Kier alpha value is -3.18. The Morgan fingerprint density at radius 2 is 1.62 bits per heavy atom. The Bertz CT molecular complexity index is 945. The molecule has 0 aromatic heterocycles. The van der Waals surface area contributed by atoms with Crippen LogP contribution in [0.2, 0.25) is 0 Å². The van der Waals surface area contributed by atoms with E-state index >= 15 is 0 Å². The molecule has 0 aliphatic carbocycles. The number of sulfonamides is 1. The number of hydrogen-bond acceptors (Lipinski definition) is 6. The van der Waals surface area contributed by atoms with E-state index in [1.165, 1.54) is 39.5 Å². The first kappa shape index (κ1) is 19.1. The van der Waals surface area contributed by atoms with Crippen LogP contribution in [0.4, 0.5) is 5.69 Å². The molecule has 2 rings (SSSR count). The molecule has 2 aromatic rings. The van der Waals surface area contributed by atoms with Gasteiger partial charge in [-0.2, -0.15) is 5.26 Å². The van der Waals surface area contributed by atoms with Crippen molar-refractivity contribution < 1.29 is 22.6 Å². The highest BCUT2D eigenvalue weighted by atomic mass is 32.2. The molecule has 1 N–H and O–H groups in total. The Kier molecular flexibility index (Phi) is 6.09. The molecule has 136 valence electrons. The first-order chi connectivity index (χ1) is 12.4. The van der Waals surface area contributed by atoms with Crippen LogP contribution in [0.25, 0.3) is 6.08 Å². The third kappa shape index (κ3) is 4.46. The highest BCUT2D eigenvalue weighted by Crippen LogP contribution is 2.27. The van der Waals surface area contributed by atoms with E-state index in [2.05, 4.69) is 4.72 Å². The fraction of sp³-hybridized carbons (Fsp3) is 0.167. The third-order valence-electron chi connectivity index (χ3n) is 3.47. The molecule has 0 heterocycles. The van der Waals surface area contributed by atoms with Gasteiger partial charge in [0.1, 0.15) is 23.3 Å². The molecular formula is C18H18N2O5S. The number of rotatable bonds is 7. The average molecular weight is 374 g/mol. The summed E-state index contributed by atoms with van der Waals surface area (Å²) in [5, 5.41) is 9.34. The zero-order chi connectivity index (χ0) is 19.2. The van der Waals surface area contributed by atoms with Crippen LogP contribution in [-0.2, 0) is 10.0 Å². The molecular weight excluding hydrogens is 356 g/mol. The monoisotopic (exact) mass is 374 g/mol. The Balaban J connectivity index is 2.39. The van der Waals surface area contributed by atoms with E-state index < -0.39 is 14.9 Å². The molecule has 8 heteroatoms. The van der Waals surface area contributed by atoms with Gasteiger partial charge in [0.25, 0.3) is 10.0 Å². The summed E-state index contributed by atoms with van der Waals surface area (Å²) >= 11 is 0. The summed E-state index contributed by atoms with van der Waals surface area (Å²) in [6.07, 6.45) is 1.23. The summed E-state index contributed by atoms with van der Waals surface area (Å²) in [7, 11) is 0.378. The molecule has 0 radical (unpaired) electrons. The second-order valence-electron chi connectivity index (χ2n) is 5.06. The molecule has 0 spiro atoms. The van der Waals surface area contributed by atoms with Gasteiger partial charge in [0.15, 0.2) is 4.91 Å². The fourth-order valence-corrected chi connectivity index (χ4v) is 3.09. The van der Waals surface area contributed by atoms with Crippen molar-refractivity contribution in [1.82, 2.24) is 0 Å². The van der Waals surface area contributed by atoms with Crippen LogP contribution in [0.1, 0.15) is 5.56 Å². The van der Waals surface area contributed by atoms with Gasteiger partial charge in [-0.15, -0.1) is 0 Å². The van der Waals surface area contributed by atoms with Crippen LogP contribution in [-0.4, -0.2) is 29.7 Å². The molecule has 0 saturated carbocycles. The maximum Gasteiger partial charge on any atom is 0.272 e. The van der Waals surface area contributed by atoms with Gasteiger partial charge in [0.2, 0.25) is 0 Å². The number of allylic oxidation sites excluding steroid dienone is 1. The molecule has 0 bridgehead atoms. The van der Waals surface area contributed by atoms with Crippen LogP contribution in [0.3, 0.4) is 0 Å². The van der Waals surface area contributed by atoms with Gasteiger partial charge in [0, 0.05) is 11.3 Å². The topological polar surface area (TPSA) is 97.7 Å². The van der Waals surface area contributed by atoms with Crippen molar-refractivity contribution in [2.24, 2.45) is 0 Å². The zero-order valence-corrected chi connectivity index (χ0v) is 15.3. The van der Waals surface area contributed by atoms with E-state index in [1.54, 1.807) is 36.4 Å². The minimum atomic E-state index is -4.07. The molecule has 0 atom stereocenters. The second kappa shape index (κ2) is 8.27. The van der Waals surface area contributed by atoms with E-state index in [4.69, 9.17) is 14.2 Å². The van der Waals surface area contributed by atoms with Gasteiger partial charge >= 0.3 is 0 Å². The number of anilines is 1. The third-order valence-corrected chi connectivity index (χ3v) is 4.76. The van der Waals surface area contributed by atoms with Crippen molar-refractivity contribution >= 4 is 21.8 Å². The van der Waals surface area contributed by atoms with Crippen molar-refractivity contribution in [3.8, 4) is 23.3 Å². The smallest absolute Gasteiger partial charge is 0.272 e. The molecule has 0 fully saturated rings. The predicted octanol–water partition coefficient (Wildman–Crippen LogP) is 3.02. The summed E-state index contributed by atoms with van der Waals surface area (Å²) in [5.41, 5.74) is 0.716. The van der Waals surface area contributed by atoms with Crippen molar-refractivity contribution in [2.75, 3.05) is 26.1 Å². The lowest BCUT2D eigenvalue weighted by molar-refractivity contribution is 0.402. The quantitative estimate of drug-likeness (QED) is 0.748. The number of hydrogen-bond donors (Lipinski definition) is 1. The number of ether oxygens (including phenoxy) is 3. The lowest BCUT2D eigenvalue weighted by atomic mass is 10.1. The van der Waals surface area contributed by atoms with Crippen LogP contribution < -0.4 is 18.9 Å². The second-order valence-corrected chi connectivity index (χ2v) is 6.71. The average Bonchev–Trinajstić information content (AvgIpc) is 2.65. The van der Waals surface area contributed by atoms with Gasteiger partial charge in [-0.25, -0.2) is 8.42 Å². The highest BCUT2D eigenvalue weighted by Gasteiger charge is 2.19. The standard InChI is InChI=1S/C18H18N2O5S/c1-23-15-6-4-14(5-7-15)20-26(21,22)17(12-19)11-13-10-16(24-2)8-9-18(13)25-3/h4-11,20H,1-3H3/b17-11+. The van der Waals surface area contributed by atoms with E-state index in [9.17, 15) is 13.7 Å². The SMILES string of the molecule is COc1ccc(NS(=O)(=O)/C(C#N)=C/c2cc(OC)ccc2OC)cc1. The Labute approximate surface area is 152 Å². The number of methoxy groups -OCH3 is 3. The summed E-state index contributed by atoms with van der Waals surface area (Å²) in [6.45, 7) is 0. The largest absolute Gasteiger partial charge is 0.497 e. The van der Waals surface area contributed by atoms with Crippen molar-refractivity contribution in [3.05, 3.63) is 52.9 Å². The number of nitriles is 1. The zero-order valence-electron chi connectivity index (χ0n) is 14.5. The predicted molar refractivity (Wildman–Crippen MR) is 98.7 cm³/mol. The normalized spacial score (nSPS) is 11.4. The van der Waals surface area contributed by atoms with Crippen LogP contribution in [0, 0.1) is 11.3 Å². The van der Waals surface area contributed by atoms with Crippen molar-refractivity contribution in [2.45, 2.75) is 0 Å². The first-order valence-electron chi connectivity index (χ1n) is 7.44.